The third-order valence-electron chi connectivity index (χ3n) is 5.52. The van der Waals surface area contributed by atoms with Crippen LogP contribution in [0.15, 0.2) is 42.5 Å². The molecule has 162 valence electrons. The number of nitrogens with one attached hydrogen (secondary N) is 1. The van der Waals surface area contributed by atoms with Gasteiger partial charge in [0.05, 0.1) is 13.2 Å². The maximum absolute atomic E-state index is 12.7. The molecule has 0 radical (unpaired) electrons. The van der Waals surface area contributed by atoms with Crippen LogP contribution in [-0.2, 0) is 17.9 Å². The van der Waals surface area contributed by atoms with E-state index in [1.165, 1.54) is 11.1 Å². The molecule has 1 saturated heterocycles. The van der Waals surface area contributed by atoms with Gasteiger partial charge in [0, 0.05) is 19.0 Å². The van der Waals surface area contributed by atoms with Crippen molar-refractivity contribution in [1.29, 1.82) is 0 Å². The normalized spacial score (nSPS) is 15.0. The molecule has 1 amide bonds. The predicted octanol–water partition coefficient (Wildman–Crippen LogP) is 4.32. The smallest absolute Gasteiger partial charge is 0.223 e. The minimum absolute atomic E-state index is 0.0906. The summed E-state index contributed by atoms with van der Waals surface area (Å²) in [6.45, 7) is 10.6. The Kier molecular flexibility index (Phi) is 8.14. The molecule has 1 fully saturated rings. The topological polar surface area (TPSA) is 50.8 Å². The number of carbonyl (C=O) groups excluding carboxylic acids is 1. The van der Waals surface area contributed by atoms with E-state index < -0.39 is 0 Å². The Morgan fingerprint density at radius 2 is 1.73 bits per heavy atom. The highest BCUT2D eigenvalue weighted by Gasteiger charge is 2.24. The van der Waals surface area contributed by atoms with Crippen molar-refractivity contribution in [3.05, 3.63) is 59.2 Å². The van der Waals surface area contributed by atoms with Crippen molar-refractivity contribution < 1.29 is 14.3 Å². The monoisotopic (exact) mass is 410 g/mol. The summed E-state index contributed by atoms with van der Waals surface area (Å²) in [6.07, 6.45) is 1.82. The van der Waals surface area contributed by atoms with E-state index in [9.17, 15) is 4.79 Å². The van der Waals surface area contributed by atoms with Crippen LogP contribution in [0.3, 0.4) is 0 Å². The molecule has 0 atom stereocenters. The highest BCUT2D eigenvalue weighted by Crippen LogP contribution is 2.28. The van der Waals surface area contributed by atoms with Crippen molar-refractivity contribution in [2.75, 3.05) is 26.3 Å². The third-order valence-corrected chi connectivity index (χ3v) is 5.52. The summed E-state index contributed by atoms with van der Waals surface area (Å²) >= 11 is 0. The van der Waals surface area contributed by atoms with Gasteiger partial charge in [-0.05, 0) is 70.0 Å². The van der Waals surface area contributed by atoms with Crippen LogP contribution < -0.4 is 14.8 Å². The molecule has 30 heavy (non-hydrogen) atoms. The Morgan fingerprint density at radius 3 is 2.43 bits per heavy atom. The lowest BCUT2D eigenvalue weighted by Gasteiger charge is -2.31. The number of aryl methyl sites for hydroxylation is 1. The zero-order chi connectivity index (χ0) is 21.3. The van der Waals surface area contributed by atoms with E-state index >= 15 is 0 Å². The van der Waals surface area contributed by atoms with Gasteiger partial charge in [-0.2, -0.15) is 0 Å². The number of benzene rings is 2. The summed E-state index contributed by atoms with van der Waals surface area (Å²) in [5.41, 5.74) is 3.66. The SMILES string of the molecule is CCOc1ccc(CNC(=O)C2CCN(Cc3cccc(C)c3)CC2)cc1OCC. The number of rotatable bonds is 9. The van der Waals surface area contributed by atoms with E-state index in [4.69, 9.17) is 9.47 Å². The molecule has 0 aromatic heterocycles. The fourth-order valence-corrected chi connectivity index (χ4v) is 3.96. The van der Waals surface area contributed by atoms with E-state index in [0.29, 0.717) is 19.8 Å². The van der Waals surface area contributed by atoms with Crippen molar-refractivity contribution in [1.82, 2.24) is 10.2 Å². The minimum Gasteiger partial charge on any atom is -0.490 e. The molecule has 0 bridgehead atoms. The second-order valence-corrected chi connectivity index (χ2v) is 7.90. The fraction of sp³-hybridized carbons (Fsp3) is 0.480. The van der Waals surface area contributed by atoms with Gasteiger partial charge in [0.1, 0.15) is 0 Å². The van der Waals surface area contributed by atoms with Gasteiger partial charge < -0.3 is 14.8 Å². The van der Waals surface area contributed by atoms with Gasteiger partial charge in [-0.1, -0.05) is 35.9 Å². The molecular weight excluding hydrogens is 376 g/mol. The molecule has 0 aliphatic carbocycles. The van der Waals surface area contributed by atoms with Crippen LogP contribution >= 0.6 is 0 Å². The van der Waals surface area contributed by atoms with Gasteiger partial charge in [-0.25, -0.2) is 0 Å². The van der Waals surface area contributed by atoms with Gasteiger partial charge >= 0.3 is 0 Å². The summed E-state index contributed by atoms with van der Waals surface area (Å²) < 4.78 is 11.3. The molecule has 0 spiro atoms. The zero-order valence-corrected chi connectivity index (χ0v) is 18.4. The second kappa shape index (κ2) is 11.0. The highest BCUT2D eigenvalue weighted by molar-refractivity contribution is 5.78. The summed E-state index contributed by atoms with van der Waals surface area (Å²) in [7, 11) is 0. The standard InChI is InChI=1S/C25H34N2O3/c1-4-29-23-10-9-20(16-24(23)30-5-2)17-26-25(28)22-11-13-27(14-12-22)18-21-8-6-7-19(3)15-21/h6-10,15-16,22H,4-5,11-14,17-18H2,1-3H3,(H,26,28). The first-order valence-corrected chi connectivity index (χ1v) is 11.0. The Hall–Kier alpha value is -2.53. The fourth-order valence-electron chi connectivity index (χ4n) is 3.96. The molecular formula is C25H34N2O3. The molecule has 0 saturated carbocycles. The number of nitrogens with zero attached hydrogens (tertiary/aromatic N) is 1. The molecule has 2 aromatic rings. The van der Waals surface area contributed by atoms with Crippen LogP contribution in [0.5, 0.6) is 11.5 Å². The third kappa shape index (κ3) is 6.23. The molecule has 1 aliphatic rings. The second-order valence-electron chi connectivity index (χ2n) is 7.90. The number of hydrogen-bond acceptors (Lipinski definition) is 4. The maximum Gasteiger partial charge on any atom is 0.223 e. The predicted molar refractivity (Wildman–Crippen MR) is 120 cm³/mol. The Bertz CT molecular complexity index is 829. The highest BCUT2D eigenvalue weighted by atomic mass is 16.5. The maximum atomic E-state index is 12.7. The van der Waals surface area contributed by atoms with E-state index in [-0.39, 0.29) is 11.8 Å². The van der Waals surface area contributed by atoms with Crippen molar-refractivity contribution in [2.45, 2.75) is 46.7 Å². The van der Waals surface area contributed by atoms with E-state index in [0.717, 1.165) is 49.5 Å². The number of carbonyl (C=O) groups is 1. The van der Waals surface area contributed by atoms with Crippen molar-refractivity contribution >= 4 is 5.91 Å². The minimum atomic E-state index is 0.0906. The number of ether oxygens (including phenoxy) is 2. The van der Waals surface area contributed by atoms with E-state index in [1.54, 1.807) is 0 Å². The molecule has 2 aromatic carbocycles. The summed E-state index contributed by atoms with van der Waals surface area (Å²) in [6, 6.07) is 14.5. The van der Waals surface area contributed by atoms with Gasteiger partial charge in [0.25, 0.3) is 0 Å². The quantitative estimate of drug-likeness (QED) is 0.669. The largest absolute Gasteiger partial charge is 0.490 e. The van der Waals surface area contributed by atoms with Crippen LogP contribution in [0.4, 0.5) is 0 Å². The summed E-state index contributed by atoms with van der Waals surface area (Å²) in [4.78, 5) is 15.1. The molecule has 1 heterocycles. The number of piperidine rings is 1. The first-order chi connectivity index (χ1) is 14.6. The molecule has 3 rings (SSSR count). The van der Waals surface area contributed by atoms with Crippen LogP contribution in [0.25, 0.3) is 0 Å². The van der Waals surface area contributed by atoms with Gasteiger partial charge in [-0.15, -0.1) is 0 Å². The average molecular weight is 411 g/mol. The zero-order valence-electron chi connectivity index (χ0n) is 18.4. The molecule has 5 nitrogen and oxygen atoms in total. The van der Waals surface area contributed by atoms with Gasteiger partial charge in [0.2, 0.25) is 5.91 Å². The van der Waals surface area contributed by atoms with E-state index in [1.807, 2.05) is 32.0 Å². The lowest BCUT2D eigenvalue weighted by molar-refractivity contribution is -0.126. The number of amides is 1. The Morgan fingerprint density at radius 1 is 1.00 bits per heavy atom. The molecule has 1 aliphatic heterocycles. The van der Waals surface area contributed by atoms with Crippen molar-refractivity contribution in [3.63, 3.8) is 0 Å². The first-order valence-electron chi connectivity index (χ1n) is 11.0. The van der Waals surface area contributed by atoms with Crippen LogP contribution in [0.1, 0.15) is 43.4 Å². The van der Waals surface area contributed by atoms with Gasteiger partial charge in [-0.3, -0.25) is 9.69 Å². The van der Waals surface area contributed by atoms with Crippen molar-refractivity contribution in [3.8, 4) is 11.5 Å². The van der Waals surface area contributed by atoms with Crippen LogP contribution in [0.2, 0.25) is 0 Å². The molecule has 5 heteroatoms. The van der Waals surface area contributed by atoms with Crippen LogP contribution in [0, 0.1) is 12.8 Å². The summed E-state index contributed by atoms with van der Waals surface area (Å²) in [5.74, 6) is 1.72. The lowest BCUT2D eigenvalue weighted by atomic mass is 9.95. The number of likely N-dealkylation sites (tertiary alicyclic amines) is 1. The Balaban J connectivity index is 1.47. The van der Waals surface area contributed by atoms with Crippen LogP contribution in [-0.4, -0.2) is 37.1 Å². The average Bonchev–Trinajstić information content (AvgIpc) is 2.74. The molecule has 0 unspecified atom stereocenters. The Labute approximate surface area is 180 Å². The lowest BCUT2D eigenvalue weighted by Crippen LogP contribution is -2.40. The van der Waals surface area contributed by atoms with Crippen molar-refractivity contribution in [2.24, 2.45) is 5.92 Å². The molecule has 1 N–H and O–H groups in total. The number of hydrogen-bond donors (Lipinski definition) is 1. The first kappa shape index (κ1) is 22.2. The van der Waals surface area contributed by atoms with E-state index in [2.05, 4.69) is 41.4 Å². The summed E-state index contributed by atoms with van der Waals surface area (Å²) in [5, 5.41) is 3.11. The van der Waals surface area contributed by atoms with Gasteiger partial charge in [0.15, 0.2) is 11.5 Å².